The van der Waals surface area contributed by atoms with Crippen LogP contribution in [-0.2, 0) is 9.59 Å². The van der Waals surface area contributed by atoms with Crippen LogP contribution in [0, 0.1) is 13.8 Å². The van der Waals surface area contributed by atoms with Gasteiger partial charge >= 0.3 is 5.97 Å². The summed E-state index contributed by atoms with van der Waals surface area (Å²) in [5, 5.41) is 11.5. The van der Waals surface area contributed by atoms with E-state index < -0.39 is 11.5 Å². The largest absolute Gasteiger partial charge is 0.493 e. The van der Waals surface area contributed by atoms with Gasteiger partial charge in [0.2, 0.25) is 5.91 Å². The van der Waals surface area contributed by atoms with Crippen LogP contribution >= 0.6 is 0 Å². The molecule has 1 aromatic rings. The van der Waals surface area contributed by atoms with Crippen molar-refractivity contribution in [1.82, 2.24) is 5.32 Å². The molecule has 5 nitrogen and oxygen atoms in total. The van der Waals surface area contributed by atoms with Crippen molar-refractivity contribution >= 4 is 11.9 Å². The van der Waals surface area contributed by atoms with Gasteiger partial charge in [-0.2, -0.15) is 0 Å². The lowest BCUT2D eigenvalue weighted by molar-refractivity contribution is -0.137. The van der Waals surface area contributed by atoms with Gasteiger partial charge in [0.1, 0.15) is 5.75 Å². The highest BCUT2D eigenvalue weighted by Gasteiger charge is 2.21. The van der Waals surface area contributed by atoms with E-state index in [1.165, 1.54) is 0 Å². The Kier molecular flexibility index (Phi) is 6.40. The molecule has 0 bridgehead atoms. The van der Waals surface area contributed by atoms with Gasteiger partial charge in [0.25, 0.3) is 0 Å². The van der Waals surface area contributed by atoms with E-state index in [9.17, 15) is 9.59 Å². The normalized spacial score (nSPS) is 11.1. The van der Waals surface area contributed by atoms with Crippen molar-refractivity contribution in [2.24, 2.45) is 0 Å². The molecule has 1 rings (SSSR count). The smallest absolute Gasteiger partial charge is 0.303 e. The number of aryl methyl sites for hydroxylation is 2. The number of hydrogen-bond acceptors (Lipinski definition) is 3. The second-order valence-corrected chi connectivity index (χ2v) is 6.25. The molecule has 122 valence electrons. The van der Waals surface area contributed by atoms with Gasteiger partial charge in [-0.15, -0.1) is 0 Å². The Balaban J connectivity index is 2.38. The molecule has 1 amide bonds. The van der Waals surface area contributed by atoms with E-state index in [-0.39, 0.29) is 18.7 Å². The van der Waals surface area contributed by atoms with Crippen molar-refractivity contribution in [1.29, 1.82) is 0 Å². The van der Waals surface area contributed by atoms with Crippen LogP contribution in [0.1, 0.15) is 44.2 Å². The summed E-state index contributed by atoms with van der Waals surface area (Å²) in [7, 11) is 0. The maximum Gasteiger partial charge on any atom is 0.303 e. The minimum atomic E-state index is -0.861. The topological polar surface area (TPSA) is 75.6 Å². The maximum atomic E-state index is 11.9. The van der Waals surface area contributed by atoms with Crippen molar-refractivity contribution in [2.75, 3.05) is 6.61 Å². The van der Waals surface area contributed by atoms with Crippen LogP contribution in [0.15, 0.2) is 18.2 Å². The fraction of sp³-hybridized carbons (Fsp3) is 0.529. The Morgan fingerprint density at radius 1 is 1.14 bits per heavy atom. The molecule has 0 saturated heterocycles. The van der Waals surface area contributed by atoms with Crippen molar-refractivity contribution in [3.05, 3.63) is 29.3 Å². The second kappa shape index (κ2) is 7.82. The minimum Gasteiger partial charge on any atom is -0.493 e. The number of aliphatic carboxylic acids is 1. The van der Waals surface area contributed by atoms with Crippen LogP contribution in [0.3, 0.4) is 0 Å². The molecule has 2 N–H and O–H groups in total. The zero-order valence-electron chi connectivity index (χ0n) is 13.7. The van der Waals surface area contributed by atoms with E-state index in [4.69, 9.17) is 9.84 Å². The molecule has 0 aromatic heterocycles. The number of ether oxygens (including phenoxy) is 1. The molecular formula is C17H25NO4. The van der Waals surface area contributed by atoms with E-state index in [2.05, 4.69) is 11.4 Å². The van der Waals surface area contributed by atoms with Crippen LogP contribution in [-0.4, -0.2) is 29.1 Å². The average Bonchev–Trinajstić information content (AvgIpc) is 2.34. The fourth-order valence-electron chi connectivity index (χ4n) is 2.20. The molecule has 0 saturated carbocycles. The Morgan fingerprint density at radius 2 is 1.73 bits per heavy atom. The summed E-state index contributed by atoms with van der Waals surface area (Å²) in [4.78, 5) is 22.5. The molecule has 0 spiro atoms. The lowest BCUT2D eigenvalue weighted by atomic mass is 9.98. The number of hydrogen-bond donors (Lipinski definition) is 2. The van der Waals surface area contributed by atoms with Crippen LogP contribution in [0.5, 0.6) is 5.75 Å². The Hall–Kier alpha value is -2.04. The van der Waals surface area contributed by atoms with Crippen molar-refractivity contribution in [3.8, 4) is 5.75 Å². The molecule has 22 heavy (non-hydrogen) atoms. The van der Waals surface area contributed by atoms with E-state index in [1.807, 2.05) is 39.8 Å². The van der Waals surface area contributed by atoms with Crippen LogP contribution in [0.25, 0.3) is 0 Å². The monoisotopic (exact) mass is 307 g/mol. The first-order chi connectivity index (χ1) is 10.2. The summed E-state index contributed by atoms with van der Waals surface area (Å²) in [5.41, 5.74) is 1.71. The first kappa shape index (κ1) is 18.0. The highest BCUT2D eigenvalue weighted by Crippen LogP contribution is 2.16. The van der Waals surface area contributed by atoms with Crippen molar-refractivity contribution in [2.45, 2.75) is 52.5 Å². The molecule has 0 heterocycles. The number of carbonyl (C=O) groups excluding carboxylic acids is 1. The summed E-state index contributed by atoms with van der Waals surface area (Å²) in [6.45, 7) is 7.93. The van der Waals surface area contributed by atoms with Gasteiger partial charge in [-0.3, -0.25) is 9.59 Å². The van der Waals surface area contributed by atoms with Gasteiger partial charge in [-0.1, -0.05) is 6.07 Å². The Labute approximate surface area is 131 Å². The van der Waals surface area contributed by atoms with Gasteiger partial charge in [-0.05, 0) is 57.4 Å². The highest BCUT2D eigenvalue weighted by atomic mass is 16.5. The zero-order valence-corrected chi connectivity index (χ0v) is 13.7. The third kappa shape index (κ3) is 7.11. The predicted octanol–water partition coefficient (Wildman–Crippen LogP) is 2.83. The third-order valence-electron chi connectivity index (χ3n) is 3.23. The molecule has 0 fully saturated rings. The Morgan fingerprint density at radius 3 is 2.27 bits per heavy atom. The van der Waals surface area contributed by atoms with E-state index in [0.29, 0.717) is 13.0 Å². The van der Waals surface area contributed by atoms with E-state index in [1.54, 1.807) is 0 Å². The molecule has 0 aliphatic carbocycles. The van der Waals surface area contributed by atoms with Crippen molar-refractivity contribution in [3.63, 3.8) is 0 Å². The molecule has 5 heteroatoms. The maximum absolute atomic E-state index is 11.9. The zero-order chi connectivity index (χ0) is 16.8. The predicted molar refractivity (Wildman–Crippen MR) is 85.1 cm³/mol. The second-order valence-electron chi connectivity index (χ2n) is 6.25. The number of rotatable bonds is 8. The van der Waals surface area contributed by atoms with Gasteiger partial charge in [0, 0.05) is 12.0 Å². The third-order valence-corrected chi connectivity index (χ3v) is 3.23. The fourth-order valence-corrected chi connectivity index (χ4v) is 2.20. The summed E-state index contributed by atoms with van der Waals surface area (Å²) in [6, 6.07) is 5.92. The first-order valence-corrected chi connectivity index (χ1v) is 7.42. The van der Waals surface area contributed by atoms with Gasteiger partial charge in [-0.25, -0.2) is 0 Å². The van der Waals surface area contributed by atoms with Crippen LogP contribution < -0.4 is 10.1 Å². The lowest BCUT2D eigenvalue weighted by Gasteiger charge is -2.25. The number of nitrogens with one attached hydrogen (secondary N) is 1. The number of amides is 1. The lowest BCUT2D eigenvalue weighted by Crippen LogP contribution is -2.44. The average molecular weight is 307 g/mol. The number of carboxylic acid groups (broad SMARTS) is 1. The molecule has 0 radical (unpaired) electrons. The molecule has 1 aromatic carbocycles. The number of carboxylic acids is 1. The van der Waals surface area contributed by atoms with E-state index >= 15 is 0 Å². The standard InChI is InChI=1S/C17H25NO4/c1-12-9-13(2)11-14(10-12)22-8-6-15(19)18-17(3,4)7-5-16(20)21/h9-11H,5-8H2,1-4H3,(H,18,19)(H,20,21). The summed E-state index contributed by atoms with van der Waals surface area (Å²) >= 11 is 0. The summed E-state index contributed by atoms with van der Waals surface area (Å²) in [5.74, 6) is -0.240. The molecular weight excluding hydrogens is 282 g/mol. The minimum absolute atomic E-state index is 0.0341. The van der Waals surface area contributed by atoms with Crippen LogP contribution in [0.4, 0.5) is 0 Å². The molecule has 0 aliphatic heterocycles. The number of benzene rings is 1. The van der Waals surface area contributed by atoms with Gasteiger partial charge in [0.05, 0.1) is 13.0 Å². The van der Waals surface area contributed by atoms with Crippen molar-refractivity contribution < 1.29 is 19.4 Å². The summed E-state index contributed by atoms with van der Waals surface area (Å²) < 4.78 is 5.60. The molecule has 0 unspecified atom stereocenters. The Bertz CT molecular complexity index is 517. The summed E-state index contributed by atoms with van der Waals surface area (Å²) in [6.07, 6.45) is 0.668. The van der Waals surface area contributed by atoms with Gasteiger partial charge in [0.15, 0.2) is 0 Å². The van der Waals surface area contributed by atoms with Crippen LogP contribution in [0.2, 0.25) is 0 Å². The highest BCUT2D eigenvalue weighted by molar-refractivity contribution is 5.77. The van der Waals surface area contributed by atoms with E-state index in [0.717, 1.165) is 16.9 Å². The molecule has 0 atom stereocenters. The molecule has 0 aliphatic rings. The quantitative estimate of drug-likeness (QED) is 0.774. The number of carbonyl (C=O) groups is 2. The first-order valence-electron chi connectivity index (χ1n) is 7.42. The SMILES string of the molecule is Cc1cc(C)cc(OCCC(=O)NC(C)(C)CCC(=O)O)c1. The van der Waals surface area contributed by atoms with Gasteiger partial charge < -0.3 is 15.2 Å².